The van der Waals surface area contributed by atoms with Crippen molar-refractivity contribution in [3.63, 3.8) is 0 Å². The van der Waals surface area contributed by atoms with Gasteiger partial charge in [-0.1, -0.05) is 61.0 Å². The lowest BCUT2D eigenvalue weighted by molar-refractivity contribution is -0.142. The normalized spacial score (nSPS) is 12.4. The molecule has 0 spiro atoms. The Morgan fingerprint density at radius 3 is 2.26 bits per heavy atom. The van der Waals surface area contributed by atoms with Gasteiger partial charge >= 0.3 is 0 Å². The average Bonchev–Trinajstić information content (AvgIpc) is 2.69. The summed E-state index contributed by atoms with van der Waals surface area (Å²) in [5, 5.41) is 2.89. The fraction of sp³-hybridized carbons (Fsp3) is 0.440. The van der Waals surface area contributed by atoms with Gasteiger partial charge in [-0.2, -0.15) is 0 Å². The number of benzene rings is 2. The molecule has 1 N–H and O–H groups in total. The molecule has 2 aromatic carbocycles. The van der Waals surface area contributed by atoms with Crippen molar-refractivity contribution in [3.8, 4) is 5.75 Å². The van der Waals surface area contributed by atoms with Gasteiger partial charge in [-0.25, -0.2) is 0 Å². The summed E-state index contributed by atoms with van der Waals surface area (Å²) >= 11 is 3.46. The summed E-state index contributed by atoms with van der Waals surface area (Å²) in [6.45, 7) is 12.2. The van der Waals surface area contributed by atoms with Crippen molar-refractivity contribution >= 4 is 27.7 Å². The molecule has 0 radical (unpaired) electrons. The van der Waals surface area contributed by atoms with E-state index in [1.807, 2.05) is 62.4 Å². The van der Waals surface area contributed by atoms with Gasteiger partial charge in [0.1, 0.15) is 11.8 Å². The standard InChI is InChI=1S/C25H33BrN2O3/c1-17(2)27-24(30)18(3)28(15-19-8-7-9-21(26)14-19)23(29)16-31-22-12-10-20(11-13-22)25(4,5)6/h7-14,17-18H,15-16H2,1-6H3,(H,27,30). The van der Waals surface area contributed by atoms with E-state index < -0.39 is 6.04 Å². The zero-order chi connectivity index (χ0) is 23.2. The van der Waals surface area contributed by atoms with E-state index in [0.29, 0.717) is 12.3 Å². The summed E-state index contributed by atoms with van der Waals surface area (Å²) in [7, 11) is 0. The van der Waals surface area contributed by atoms with E-state index in [9.17, 15) is 9.59 Å². The first-order valence-corrected chi connectivity index (χ1v) is 11.3. The molecule has 168 valence electrons. The van der Waals surface area contributed by atoms with Crippen molar-refractivity contribution in [2.75, 3.05) is 6.61 Å². The van der Waals surface area contributed by atoms with E-state index in [2.05, 4.69) is 42.0 Å². The molecule has 0 bridgehead atoms. The maximum absolute atomic E-state index is 13.1. The predicted molar refractivity (Wildman–Crippen MR) is 128 cm³/mol. The molecule has 0 aliphatic heterocycles. The molecule has 6 heteroatoms. The molecule has 0 heterocycles. The number of rotatable bonds is 8. The van der Waals surface area contributed by atoms with Gasteiger partial charge in [0.25, 0.3) is 5.91 Å². The van der Waals surface area contributed by atoms with Crippen LogP contribution in [0.15, 0.2) is 53.0 Å². The summed E-state index contributed by atoms with van der Waals surface area (Å²) in [6.07, 6.45) is 0. The second-order valence-electron chi connectivity index (χ2n) is 9.05. The van der Waals surface area contributed by atoms with E-state index in [1.165, 1.54) is 5.56 Å². The Hall–Kier alpha value is -2.34. The quantitative estimate of drug-likeness (QED) is 0.564. The third-order valence-corrected chi connectivity index (χ3v) is 5.42. The van der Waals surface area contributed by atoms with Crippen molar-refractivity contribution in [2.24, 2.45) is 0 Å². The number of nitrogens with one attached hydrogen (secondary N) is 1. The summed E-state index contributed by atoms with van der Waals surface area (Å²) in [4.78, 5) is 27.2. The van der Waals surface area contributed by atoms with Gasteiger partial charge in [-0.05, 0) is 61.6 Å². The Kier molecular flexibility index (Phi) is 8.69. The highest BCUT2D eigenvalue weighted by Gasteiger charge is 2.27. The monoisotopic (exact) mass is 488 g/mol. The number of hydrogen-bond donors (Lipinski definition) is 1. The van der Waals surface area contributed by atoms with Crippen LogP contribution in [0.1, 0.15) is 52.7 Å². The topological polar surface area (TPSA) is 58.6 Å². The molecule has 1 unspecified atom stereocenters. The molecule has 0 aliphatic carbocycles. The minimum Gasteiger partial charge on any atom is -0.484 e. The van der Waals surface area contributed by atoms with Gasteiger partial charge in [0.2, 0.25) is 5.91 Å². The number of amides is 2. The number of ether oxygens (including phenoxy) is 1. The van der Waals surface area contributed by atoms with Gasteiger partial charge in [-0.3, -0.25) is 9.59 Å². The fourth-order valence-corrected chi connectivity index (χ4v) is 3.55. The predicted octanol–water partition coefficient (Wildman–Crippen LogP) is 5.07. The molecular formula is C25H33BrN2O3. The largest absolute Gasteiger partial charge is 0.484 e. The van der Waals surface area contributed by atoms with Gasteiger partial charge in [0, 0.05) is 17.1 Å². The van der Waals surface area contributed by atoms with Crippen LogP contribution in [0.5, 0.6) is 5.75 Å². The van der Waals surface area contributed by atoms with Crippen molar-refractivity contribution in [3.05, 3.63) is 64.1 Å². The minimum absolute atomic E-state index is 0.00430. The Bertz CT molecular complexity index is 888. The molecule has 2 rings (SSSR count). The van der Waals surface area contributed by atoms with Crippen LogP contribution in [0.4, 0.5) is 0 Å². The van der Waals surface area contributed by atoms with Crippen LogP contribution in [-0.4, -0.2) is 35.4 Å². The second-order valence-corrected chi connectivity index (χ2v) is 9.97. The third-order valence-electron chi connectivity index (χ3n) is 4.92. The molecular weight excluding hydrogens is 456 g/mol. The first-order valence-electron chi connectivity index (χ1n) is 10.5. The maximum Gasteiger partial charge on any atom is 0.261 e. The van der Waals surface area contributed by atoms with Gasteiger partial charge in [0.05, 0.1) is 0 Å². The number of nitrogens with zero attached hydrogens (tertiary/aromatic N) is 1. The van der Waals surface area contributed by atoms with Crippen molar-refractivity contribution in [2.45, 2.75) is 65.6 Å². The van der Waals surface area contributed by atoms with E-state index in [1.54, 1.807) is 11.8 Å². The molecule has 31 heavy (non-hydrogen) atoms. The van der Waals surface area contributed by atoms with E-state index in [4.69, 9.17) is 4.74 Å². The molecule has 5 nitrogen and oxygen atoms in total. The van der Waals surface area contributed by atoms with Crippen LogP contribution >= 0.6 is 15.9 Å². The highest BCUT2D eigenvalue weighted by molar-refractivity contribution is 9.10. The Morgan fingerprint density at radius 1 is 1.06 bits per heavy atom. The lowest BCUT2D eigenvalue weighted by Gasteiger charge is -2.29. The summed E-state index contributed by atoms with van der Waals surface area (Å²) < 4.78 is 6.68. The molecule has 2 aromatic rings. The Morgan fingerprint density at radius 2 is 1.71 bits per heavy atom. The van der Waals surface area contributed by atoms with Crippen LogP contribution in [0, 0.1) is 0 Å². The van der Waals surface area contributed by atoms with E-state index >= 15 is 0 Å². The number of halogens is 1. The number of hydrogen-bond acceptors (Lipinski definition) is 3. The zero-order valence-corrected chi connectivity index (χ0v) is 20.8. The molecule has 0 saturated heterocycles. The molecule has 2 amide bonds. The minimum atomic E-state index is -0.624. The van der Waals surface area contributed by atoms with E-state index in [-0.39, 0.29) is 29.9 Å². The molecule has 0 aliphatic rings. The smallest absolute Gasteiger partial charge is 0.261 e. The van der Waals surface area contributed by atoms with Gasteiger partial charge in [-0.15, -0.1) is 0 Å². The maximum atomic E-state index is 13.1. The number of carbonyl (C=O) groups excluding carboxylic acids is 2. The lowest BCUT2D eigenvalue weighted by Crippen LogP contribution is -2.50. The van der Waals surface area contributed by atoms with Gasteiger partial charge in [0.15, 0.2) is 6.61 Å². The molecule has 0 fully saturated rings. The summed E-state index contributed by atoms with van der Waals surface area (Å²) in [5.74, 6) is 0.196. The first-order chi connectivity index (χ1) is 14.5. The van der Waals surface area contributed by atoms with Crippen LogP contribution in [-0.2, 0) is 21.5 Å². The van der Waals surface area contributed by atoms with Crippen LogP contribution in [0.25, 0.3) is 0 Å². The lowest BCUT2D eigenvalue weighted by atomic mass is 9.87. The van der Waals surface area contributed by atoms with Crippen molar-refractivity contribution < 1.29 is 14.3 Å². The molecule has 0 saturated carbocycles. The van der Waals surface area contributed by atoms with Crippen LogP contribution in [0.3, 0.4) is 0 Å². The number of carbonyl (C=O) groups is 2. The zero-order valence-electron chi connectivity index (χ0n) is 19.2. The van der Waals surface area contributed by atoms with Crippen LogP contribution < -0.4 is 10.1 Å². The Balaban J connectivity index is 2.14. The highest BCUT2D eigenvalue weighted by Crippen LogP contribution is 2.24. The molecule has 0 aromatic heterocycles. The highest BCUT2D eigenvalue weighted by atomic mass is 79.9. The van der Waals surface area contributed by atoms with Crippen molar-refractivity contribution in [1.29, 1.82) is 0 Å². The second kappa shape index (κ2) is 10.8. The SMILES string of the molecule is CC(C)NC(=O)C(C)N(Cc1cccc(Br)c1)C(=O)COc1ccc(C(C)(C)C)cc1. The first kappa shape index (κ1) is 24.9. The summed E-state index contributed by atoms with van der Waals surface area (Å²) in [6, 6.07) is 14.9. The van der Waals surface area contributed by atoms with Crippen molar-refractivity contribution in [1.82, 2.24) is 10.2 Å². The third kappa shape index (κ3) is 7.69. The van der Waals surface area contributed by atoms with Crippen LogP contribution in [0.2, 0.25) is 0 Å². The van der Waals surface area contributed by atoms with E-state index in [0.717, 1.165) is 10.0 Å². The Labute approximate surface area is 194 Å². The molecule has 1 atom stereocenters. The van der Waals surface area contributed by atoms with Gasteiger partial charge < -0.3 is 15.0 Å². The summed E-state index contributed by atoms with van der Waals surface area (Å²) in [5.41, 5.74) is 2.18. The fourth-order valence-electron chi connectivity index (χ4n) is 3.10. The average molecular weight is 489 g/mol.